The maximum atomic E-state index is 11.8. The van der Waals surface area contributed by atoms with E-state index in [1.807, 2.05) is 13.8 Å². The van der Waals surface area contributed by atoms with Gasteiger partial charge in [0, 0.05) is 19.7 Å². The number of rotatable bonds is 6. The molecule has 1 saturated heterocycles. The summed E-state index contributed by atoms with van der Waals surface area (Å²) in [5.41, 5.74) is -0.750. The molecule has 17 heavy (non-hydrogen) atoms. The molecular weight excluding hydrogens is 222 g/mol. The van der Waals surface area contributed by atoms with E-state index >= 15 is 0 Å². The Labute approximate surface area is 102 Å². The quantitative estimate of drug-likeness (QED) is 0.710. The summed E-state index contributed by atoms with van der Waals surface area (Å²) in [6.07, 6.45) is 1.97. The van der Waals surface area contributed by atoms with Crippen molar-refractivity contribution >= 4 is 11.9 Å². The molecule has 98 valence electrons. The SMILES string of the molecule is CCCOCC(=O)N1CCC(CC)(C(=O)O)C1. The highest BCUT2D eigenvalue weighted by atomic mass is 16.5. The molecule has 1 atom stereocenters. The van der Waals surface area contributed by atoms with Crippen molar-refractivity contribution in [1.29, 1.82) is 0 Å². The van der Waals surface area contributed by atoms with Gasteiger partial charge in [0.1, 0.15) is 6.61 Å². The lowest BCUT2D eigenvalue weighted by atomic mass is 9.84. The summed E-state index contributed by atoms with van der Waals surface area (Å²) in [6, 6.07) is 0. The van der Waals surface area contributed by atoms with Gasteiger partial charge in [0.15, 0.2) is 0 Å². The third kappa shape index (κ3) is 3.19. The zero-order valence-corrected chi connectivity index (χ0v) is 10.6. The van der Waals surface area contributed by atoms with E-state index in [1.54, 1.807) is 4.90 Å². The number of carboxylic acid groups (broad SMARTS) is 1. The number of carbonyl (C=O) groups excluding carboxylic acids is 1. The third-order valence-corrected chi connectivity index (χ3v) is 3.41. The van der Waals surface area contributed by atoms with Crippen LogP contribution in [0.4, 0.5) is 0 Å². The molecule has 1 amide bonds. The van der Waals surface area contributed by atoms with Crippen LogP contribution in [0.3, 0.4) is 0 Å². The second-order valence-electron chi connectivity index (χ2n) is 4.56. The lowest BCUT2D eigenvalue weighted by molar-refractivity contribution is -0.149. The minimum absolute atomic E-state index is 0.0628. The summed E-state index contributed by atoms with van der Waals surface area (Å²) in [5, 5.41) is 9.21. The Balaban J connectivity index is 2.49. The van der Waals surface area contributed by atoms with Gasteiger partial charge in [-0.25, -0.2) is 0 Å². The zero-order valence-electron chi connectivity index (χ0n) is 10.6. The van der Waals surface area contributed by atoms with Gasteiger partial charge < -0.3 is 14.7 Å². The van der Waals surface area contributed by atoms with Crippen molar-refractivity contribution in [3.8, 4) is 0 Å². The van der Waals surface area contributed by atoms with Crippen molar-refractivity contribution < 1.29 is 19.4 Å². The molecule has 0 aromatic carbocycles. The van der Waals surface area contributed by atoms with Crippen molar-refractivity contribution in [2.45, 2.75) is 33.1 Å². The summed E-state index contributed by atoms with van der Waals surface area (Å²) < 4.78 is 5.18. The Bertz CT molecular complexity index is 292. The monoisotopic (exact) mass is 243 g/mol. The fourth-order valence-corrected chi connectivity index (χ4v) is 2.09. The van der Waals surface area contributed by atoms with E-state index in [9.17, 15) is 14.7 Å². The van der Waals surface area contributed by atoms with E-state index in [4.69, 9.17) is 4.74 Å². The number of nitrogens with zero attached hydrogens (tertiary/aromatic N) is 1. The molecule has 0 aromatic rings. The molecule has 0 radical (unpaired) electrons. The van der Waals surface area contributed by atoms with Crippen molar-refractivity contribution in [2.24, 2.45) is 5.41 Å². The second-order valence-corrected chi connectivity index (χ2v) is 4.56. The van der Waals surface area contributed by atoms with E-state index in [2.05, 4.69) is 0 Å². The van der Waals surface area contributed by atoms with E-state index in [0.717, 1.165) is 6.42 Å². The molecule has 0 aliphatic carbocycles. The first-order valence-electron chi connectivity index (χ1n) is 6.14. The number of hydrogen-bond acceptors (Lipinski definition) is 3. The Hall–Kier alpha value is -1.10. The molecule has 0 bridgehead atoms. The van der Waals surface area contributed by atoms with Crippen LogP contribution in [0.5, 0.6) is 0 Å². The molecule has 0 saturated carbocycles. The van der Waals surface area contributed by atoms with Crippen LogP contribution in [0.15, 0.2) is 0 Å². The Morgan fingerprint density at radius 3 is 2.59 bits per heavy atom. The molecular formula is C12H21NO4. The van der Waals surface area contributed by atoms with Crippen molar-refractivity contribution in [1.82, 2.24) is 4.90 Å². The second kappa shape index (κ2) is 6.00. The van der Waals surface area contributed by atoms with Crippen LogP contribution in [-0.4, -0.2) is 48.2 Å². The van der Waals surface area contributed by atoms with Gasteiger partial charge in [-0.3, -0.25) is 9.59 Å². The first-order valence-corrected chi connectivity index (χ1v) is 6.14. The van der Waals surface area contributed by atoms with Crippen LogP contribution in [0.1, 0.15) is 33.1 Å². The van der Waals surface area contributed by atoms with E-state index < -0.39 is 11.4 Å². The maximum absolute atomic E-state index is 11.8. The fraction of sp³-hybridized carbons (Fsp3) is 0.833. The van der Waals surface area contributed by atoms with Gasteiger partial charge in [0.2, 0.25) is 5.91 Å². The average molecular weight is 243 g/mol. The van der Waals surface area contributed by atoms with Gasteiger partial charge in [-0.2, -0.15) is 0 Å². The molecule has 1 aliphatic rings. The van der Waals surface area contributed by atoms with Gasteiger partial charge in [0.05, 0.1) is 5.41 Å². The van der Waals surface area contributed by atoms with Crippen LogP contribution in [0, 0.1) is 5.41 Å². The maximum Gasteiger partial charge on any atom is 0.311 e. The molecule has 0 aromatic heterocycles. The number of carbonyl (C=O) groups is 2. The third-order valence-electron chi connectivity index (χ3n) is 3.41. The topological polar surface area (TPSA) is 66.8 Å². The highest BCUT2D eigenvalue weighted by Gasteiger charge is 2.44. The minimum atomic E-state index is -0.801. The van der Waals surface area contributed by atoms with Gasteiger partial charge in [-0.1, -0.05) is 13.8 Å². The van der Waals surface area contributed by atoms with Crippen molar-refractivity contribution in [3.63, 3.8) is 0 Å². The Kier molecular flexibility index (Phi) is 4.93. The molecule has 5 heteroatoms. The molecule has 5 nitrogen and oxygen atoms in total. The number of hydrogen-bond donors (Lipinski definition) is 1. The Morgan fingerprint density at radius 2 is 2.12 bits per heavy atom. The van der Waals surface area contributed by atoms with Crippen LogP contribution >= 0.6 is 0 Å². The van der Waals surface area contributed by atoms with Crippen LogP contribution in [-0.2, 0) is 14.3 Å². The molecule has 1 fully saturated rings. The molecule has 1 heterocycles. The predicted molar refractivity (Wildman–Crippen MR) is 62.7 cm³/mol. The molecule has 1 N–H and O–H groups in total. The lowest BCUT2D eigenvalue weighted by Gasteiger charge is -2.23. The summed E-state index contributed by atoms with van der Waals surface area (Å²) >= 11 is 0. The summed E-state index contributed by atoms with van der Waals surface area (Å²) in [5.74, 6) is -0.903. The first-order chi connectivity index (χ1) is 8.05. The van der Waals surface area contributed by atoms with Crippen LogP contribution in [0.2, 0.25) is 0 Å². The average Bonchev–Trinajstić information content (AvgIpc) is 2.75. The normalized spacial score (nSPS) is 24.0. The molecule has 1 aliphatic heterocycles. The highest BCUT2D eigenvalue weighted by Crippen LogP contribution is 2.34. The number of carboxylic acids is 1. The Morgan fingerprint density at radius 1 is 1.41 bits per heavy atom. The molecule has 1 rings (SSSR count). The molecule has 0 spiro atoms. The first kappa shape index (κ1) is 14.0. The smallest absolute Gasteiger partial charge is 0.311 e. The highest BCUT2D eigenvalue weighted by molar-refractivity contribution is 5.81. The molecule has 1 unspecified atom stereocenters. The standard InChI is InChI=1S/C12H21NO4/c1-3-7-17-8-10(14)13-6-5-12(4-2,9-13)11(15)16/h3-9H2,1-2H3,(H,15,16). The number of aliphatic carboxylic acids is 1. The van der Waals surface area contributed by atoms with Gasteiger partial charge in [-0.05, 0) is 19.3 Å². The van der Waals surface area contributed by atoms with E-state index in [-0.39, 0.29) is 12.5 Å². The number of amides is 1. The van der Waals surface area contributed by atoms with E-state index in [0.29, 0.717) is 32.5 Å². The van der Waals surface area contributed by atoms with Gasteiger partial charge in [-0.15, -0.1) is 0 Å². The lowest BCUT2D eigenvalue weighted by Crippen LogP contribution is -2.38. The van der Waals surface area contributed by atoms with Crippen LogP contribution < -0.4 is 0 Å². The number of ether oxygens (including phenoxy) is 1. The fourth-order valence-electron chi connectivity index (χ4n) is 2.09. The van der Waals surface area contributed by atoms with Crippen LogP contribution in [0.25, 0.3) is 0 Å². The van der Waals surface area contributed by atoms with Gasteiger partial charge in [0.25, 0.3) is 0 Å². The van der Waals surface area contributed by atoms with Gasteiger partial charge >= 0.3 is 5.97 Å². The van der Waals surface area contributed by atoms with Crippen molar-refractivity contribution in [2.75, 3.05) is 26.3 Å². The zero-order chi connectivity index (χ0) is 12.9. The number of likely N-dealkylation sites (tertiary alicyclic amines) is 1. The largest absolute Gasteiger partial charge is 0.481 e. The predicted octanol–water partition coefficient (Wildman–Crippen LogP) is 1.13. The summed E-state index contributed by atoms with van der Waals surface area (Å²) in [7, 11) is 0. The summed E-state index contributed by atoms with van der Waals surface area (Å²) in [6.45, 7) is 5.30. The minimum Gasteiger partial charge on any atom is -0.481 e. The summed E-state index contributed by atoms with van der Waals surface area (Å²) in [4.78, 5) is 24.6. The van der Waals surface area contributed by atoms with E-state index in [1.165, 1.54) is 0 Å². The van der Waals surface area contributed by atoms with Crippen molar-refractivity contribution in [3.05, 3.63) is 0 Å².